The van der Waals surface area contributed by atoms with Gasteiger partial charge < -0.3 is 14.9 Å². The molecular formula is C10H15NO2. The van der Waals surface area contributed by atoms with Gasteiger partial charge in [0.1, 0.15) is 12.4 Å². The van der Waals surface area contributed by atoms with Crippen molar-refractivity contribution in [2.24, 2.45) is 11.7 Å². The molecule has 1 aromatic rings. The highest BCUT2D eigenvalue weighted by molar-refractivity contribution is 4.96. The second kappa shape index (κ2) is 3.94. The first kappa shape index (κ1) is 8.78. The van der Waals surface area contributed by atoms with Crippen LogP contribution < -0.4 is 5.73 Å². The van der Waals surface area contributed by atoms with Crippen molar-refractivity contribution in [3.8, 4) is 0 Å². The molecule has 3 nitrogen and oxygen atoms in total. The Kier molecular flexibility index (Phi) is 2.66. The first-order valence-corrected chi connectivity index (χ1v) is 4.72. The van der Waals surface area contributed by atoms with E-state index in [4.69, 9.17) is 14.9 Å². The van der Waals surface area contributed by atoms with Crippen LogP contribution in [-0.2, 0) is 11.3 Å². The van der Waals surface area contributed by atoms with Gasteiger partial charge in [0.25, 0.3) is 0 Å². The molecule has 0 radical (unpaired) electrons. The highest BCUT2D eigenvalue weighted by Gasteiger charge is 2.28. The summed E-state index contributed by atoms with van der Waals surface area (Å²) < 4.78 is 10.8. The third-order valence-corrected chi connectivity index (χ3v) is 2.57. The standard InChI is InChI=1S/C10H15NO2/c11-6-8-4-10(5-8)13-7-9-2-1-3-12-9/h1-3,8,10H,4-7,11H2. The van der Waals surface area contributed by atoms with Crippen molar-refractivity contribution in [3.05, 3.63) is 24.2 Å². The molecule has 1 aromatic heterocycles. The molecule has 1 aliphatic carbocycles. The van der Waals surface area contributed by atoms with Crippen LogP contribution >= 0.6 is 0 Å². The molecule has 0 spiro atoms. The van der Waals surface area contributed by atoms with Gasteiger partial charge >= 0.3 is 0 Å². The van der Waals surface area contributed by atoms with Gasteiger partial charge in [0.15, 0.2) is 0 Å². The SMILES string of the molecule is NCC1CC(OCc2ccco2)C1. The van der Waals surface area contributed by atoms with Gasteiger partial charge in [-0.2, -0.15) is 0 Å². The number of hydrogen-bond donors (Lipinski definition) is 1. The van der Waals surface area contributed by atoms with Crippen molar-refractivity contribution in [2.45, 2.75) is 25.6 Å². The summed E-state index contributed by atoms with van der Waals surface area (Å²) in [7, 11) is 0. The van der Waals surface area contributed by atoms with Crippen molar-refractivity contribution < 1.29 is 9.15 Å². The van der Waals surface area contributed by atoms with Crippen molar-refractivity contribution in [2.75, 3.05) is 6.54 Å². The van der Waals surface area contributed by atoms with Crippen LogP contribution in [0.25, 0.3) is 0 Å². The summed E-state index contributed by atoms with van der Waals surface area (Å²) in [5, 5.41) is 0. The number of nitrogens with two attached hydrogens (primary N) is 1. The molecule has 3 heteroatoms. The zero-order chi connectivity index (χ0) is 9.10. The Bertz CT molecular complexity index is 239. The van der Waals surface area contributed by atoms with Crippen molar-refractivity contribution in [3.63, 3.8) is 0 Å². The predicted octanol–water partition coefficient (Wildman–Crippen LogP) is 1.53. The van der Waals surface area contributed by atoms with E-state index in [1.54, 1.807) is 6.26 Å². The number of hydrogen-bond acceptors (Lipinski definition) is 3. The van der Waals surface area contributed by atoms with Crippen LogP contribution in [0.15, 0.2) is 22.8 Å². The molecule has 0 saturated heterocycles. The Hall–Kier alpha value is -0.800. The molecule has 0 atom stereocenters. The lowest BCUT2D eigenvalue weighted by molar-refractivity contribution is -0.0432. The molecule has 0 aliphatic heterocycles. The quantitative estimate of drug-likeness (QED) is 0.766. The van der Waals surface area contributed by atoms with E-state index in [1.165, 1.54) is 0 Å². The molecule has 0 bridgehead atoms. The van der Waals surface area contributed by atoms with Crippen LogP contribution in [0.3, 0.4) is 0 Å². The zero-order valence-corrected chi connectivity index (χ0v) is 7.61. The van der Waals surface area contributed by atoms with Crippen molar-refractivity contribution in [1.82, 2.24) is 0 Å². The van der Waals surface area contributed by atoms with E-state index >= 15 is 0 Å². The van der Waals surface area contributed by atoms with Crippen LogP contribution in [0, 0.1) is 5.92 Å². The van der Waals surface area contributed by atoms with Crippen LogP contribution in [-0.4, -0.2) is 12.6 Å². The van der Waals surface area contributed by atoms with Crippen LogP contribution in [0.5, 0.6) is 0 Å². The molecule has 2 rings (SSSR count). The van der Waals surface area contributed by atoms with Gasteiger partial charge in [-0.3, -0.25) is 0 Å². The molecule has 1 heterocycles. The third kappa shape index (κ3) is 2.11. The Labute approximate surface area is 77.9 Å². The third-order valence-electron chi connectivity index (χ3n) is 2.57. The van der Waals surface area contributed by atoms with E-state index < -0.39 is 0 Å². The summed E-state index contributed by atoms with van der Waals surface area (Å²) in [6.07, 6.45) is 4.29. The lowest BCUT2D eigenvalue weighted by atomic mass is 9.82. The second-order valence-corrected chi connectivity index (χ2v) is 3.59. The Morgan fingerprint density at radius 3 is 3.00 bits per heavy atom. The normalized spacial score (nSPS) is 27.2. The molecule has 13 heavy (non-hydrogen) atoms. The summed E-state index contributed by atoms with van der Waals surface area (Å²) >= 11 is 0. The van der Waals surface area contributed by atoms with Gasteiger partial charge in [0, 0.05) is 0 Å². The lowest BCUT2D eigenvalue weighted by Gasteiger charge is -2.33. The number of ether oxygens (including phenoxy) is 1. The first-order valence-electron chi connectivity index (χ1n) is 4.72. The summed E-state index contributed by atoms with van der Waals surface area (Å²) in [4.78, 5) is 0. The predicted molar refractivity (Wildman–Crippen MR) is 49.1 cm³/mol. The van der Waals surface area contributed by atoms with Crippen LogP contribution in [0.2, 0.25) is 0 Å². The van der Waals surface area contributed by atoms with Gasteiger partial charge in [-0.05, 0) is 37.4 Å². The largest absolute Gasteiger partial charge is 0.467 e. The van der Waals surface area contributed by atoms with Gasteiger partial charge in [-0.25, -0.2) is 0 Å². The van der Waals surface area contributed by atoms with E-state index in [0.29, 0.717) is 18.6 Å². The number of rotatable bonds is 4. The zero-order valence-electron chi connectivity index (χ0n) is 7.61. The molecule has 1 fully saturated rings. The van der Waals surface area contributed by atoms with Crippen molar-refractivity contribution >= 4 is 0 Å². The Balaban J connectivity index is 1.65. The molecule has 2 N–H and O–H groups in total. The second-order valence-electron chi connectivity index (χ2n) is 3.59. The maximum Gasteiger partial charge on any atom is 0.129 e. The minimum Gasteiger partial charge on any atom is -0.467 e. The Morgan fingerprint density at radius 1 is 1.54 bits per heavy atom. The van der Waals surface area contributed by atoms with E-state index in [2.05, 4.69) is 0 Å². The summed E-state index contributed by atoms with van der Waals surface area (Å²) in [5.41, 5.74) is 5.51. The van der Waals surface area contributed by atoms with E-state index in [0.717, 1.165) is 25.1 Å². The maximum atomic E-state index is 5.61. The molecular weight excluding hydrogens is 166 g/mol. The molecule has 72 valence electrons. The van der Waals surface area contributed by atoms with Gasteiger partial charge in [0.05, 0.1) is 12.4 Å². The van der Waals surface area contributed by atoms with E-state index in [1.807, 2.05) is 12.1 Å². The molecule has 1 saturated carbocycles. The highest BCUT2D eigenvalue weighted by atomic mass is 16.5. The summed E-state index contributed by atoms with van der Waals surface area (Å²) in [5.74, 6) is 1.58. The molecule has 0 unspecified atom stereocenters. The average Bonchev–Trinajstić information content (AvgIpc) is 2.54. The van der Waals surface area contributed by atoms with E-state index in [9.17, 15) is 0 Å². The van der Waals surface area contributed by atoms with Crippen LogP contribution in [0.4, 0.5) is 0 Å². The topological polar surface area (TPSA) is 48.4 Å². The fraction of sp³-hybridized carbons (Fsp3) is 0.600. The fourth-order valence-electron chi connectivity index (χ4n) is 1.60. The molecule has 0 aromatic carbocycles. The van der Waals surface area contributed by atoms with Gasteiger partial charge in [-0.1, -0.05) is 0 Å². The Morgan fingerprint density at radius 2 is 2.38 bits per heavy atom. The van der Waals surface area contributed by atoms with Gasteiger partial charge in [0.2, 0.25) is 0 Å². The summed E-state index contributed by atoms with van der Waals surface area (Å²) in [6, 6.07) is 3.81. The average molecular weight is 181 g/mol. The van der Waals surface area contributed by atoms with Gasteiger partial charge in [-0.15, -0.1) is 0 Å². The summed E-state index contributed by atoms with van der Waals surface area (Å²) in [6.45, 7) is 1.38. The molecule has 0 amide bonds. The monoisotopic (exact) mass is 181 g/mol. The highest BCUT2D eigenvalue weighted by Crippen LogP contribution is 2.29. The fourth-order valence-corrected chi connectivity index (χ4v) is 1.60. The minimum atomic E-state index is 0.402. The van der Waals surface area contributed by atoms with Crippen LogP contribution in [0.1, 0.15) is 18.6 Å². The number of furan rings is 1. The maximum absolute atomic E-state index is 5.61. The minimum absolute atomic E-state index is 0.402. The lowest BCUT2D eigenvalue weighted by Crippen LogP contribution is -2.35. The smallest absolute Gasteiger partial charge is 0.129 e. The first-order chi connectivity index (χ1) is 6.38. The van der Waals surface area contributed by atoms with Crippen molar-refractivity contribution in [1.29, 1.82) is 0 Å². The molecule has 1 aliphatic rings. The van der Waals surface area contributed by atoms with E-state index in [-0.39, 0.29) is 0 Å².